The molecule has 4 rings (SSSR count). The van der Waals surface area contributed by atoms with Crippen molar-refractivity contribution in [3.05, 3.63) is 23.4 Å². The molecule has 1 aliphatic heterocycles. The number of fused-ring (bicyclic) bond motifs is 2. The maximum Gasteiger partial charge on any atom is 0.162 e. The lowest BCUT2D eigenvalue weighted by Gasteiger charge is -2.36. The van der Waals surface area contributed by atoms with Crippen molar-refractivity contribution in [2.24, 2.45) is 0 Å². The fraction of sp³-hybridized carbons (Fsp3) is 0.591. The van der Waals surface area contributed by atoms with Gasteiger partial charge in [-0.05, 0) is 64.1 Å². The summed E-state index contributed by atoms with van der Waals surface area (Å²) in [4.78, 5) is 7.53. The Labute approximate surface area is 162 Å². The molecule has 1 aromatic carbocycles. The minimum atomic E-state index is 0.476. The zero-order valence-corrected chi connectivity index (χ0v) is 17.0. The molecule has 1 fully saturated rings. The monoisotopic (exact) mass is 369 g/mol. The third kappa shape index (κ3) is 3.45. The number of nitrogens with one attached hydrogen (secondary N) is 1. The minimum Gasteiger partial charge on any atom is -0.493 e. The van der Waals surface area contributed by atoms with Gasteiger partial charge in [0.2, 0.25) is 0 Å². The highest BCUT2D eigenvalue weighted by Gasteiger charge is 2.26. The molecule has 2 heterocycles. The van der Waals surface area contributed by atoms with Crippen molar-refractivity contribution in [3.63, 3.8) is 0 Å². The van der Waals surface area contributed by atoms with Crippen LogP contribution in [0.4, 0.5) is 5.69 Å². The predicted molar refractivity (Wildman–Crippen MR) is 110 cm³/mol. The number of pyridine rings is 1. The van der Waals surface area contributed by atoms with Gasteiger partial charge in [0.15, 0.2) is 11.5 Å². The zero-order chi connectivity index (χ0) is 19.0. The second-order valence-electron chi connectivity index (χ2n) is 8.06. The summed E-state index contributed by atoms with van der Waals surface area (Å²) in [6.07, 6.45) is 5.82. The van der Waals surface area contributed by atoms with Gasteiger partial charge in [-0.25, -0.2) is 0 Å². The SMILES string of the molecule is COc1cc2nc3c(c(N[C@@H]4CCCN(C(C)C)C4)c2cc1OC)CCC3. The smallest absolute Gasteiger partial charge is 0.162 e. The molecule has 1 atom stereocenters. The second-order valence-corrected chi connectivity index (χ2v) is 8.06. The molecule has 5 nitrogen and oxygen atoms in total. The van der Waals surface area contributed by atoms with Crippen LogP contribution in [0.15, 0.2) is 12.1 Å². The van der Waals surface area contributed by atoms with Gasteiger partial charge in [-0.2, -0.15) is 0 Å². The Morgan fingerprint density at radius 3 is 2.63 bits per heavy atom. The molecule has 146 valence electrons. The summed E-state index contributed by atoms with van der Waals surface area (Å²) in [5, 5.41) is 5.07. The molecule has 0 spiro atoms. The van der Waals surface area contributed by atoms with Gasteiger partial charge in [0, 0.05) is 41.5 Å². The van der Waals surface area contributed by atoms with Gasteiger partial charge in [0.05, 0.1) is 19.7 Å². The van der Waals surface area contributed by atoms with Gasteiger partial charge in [0.1, 0.15) is 0 Å². The highest BCUT2D eigenvalue weighted by Crippen LogP contribution is 2.40. The number of hydrogen-bond acceptors (Lipinski definition) is 5. The average Bonchev–Trinajstić information content (AvgIpc) is 3.15. The number of piperidine rings is 1. The molecule has 1 aromatic heterocycles. The molecule has 0 radical (unpaired) electrons. The van der Waals surface area contributed by atoms with Crippen molar-refractivity contribution in [3.8, 4) is 11.5 Å². The summed E-state index contributed by atoms with van der Waals surface area (Å²) in [7, 11) is 3.37. The number of methoxy groups -OCH3 is 2. The number of hydrogen-bond donors (Lipinski definition) is 1. The standard InChI is InChI=1S/C22H31N3O2/c1-14(2)25-10-6-7-15(13-25)23-22-16-8-5-9-18(16)24-19-12-21(27-4)20(26-3)11-17(19)22/h11-12,14-15H,5-10,13H2,1-4H3,(H,23,24)/t15-/m1/s1. The van der Waals surface area contributed by atoms with Gasteiger partial charge in [0.25, 0.3) is 0 Å². The summed E-state index contributed by atoms with van der Waals surface area (Å²) in [5.41, 5.74) is 4.90. The Hall–Kier alpha value is -2.01. The average molecular weight is 370 g/mol. The Bertz CT molecular complexity index is 834. The van der Waals surface area contributed by atoms with Gasteiger partial charge in [-0.15, -0.1) is 0 Å². The number of aromatic nitrogens is 1. The zero-order valence-electron chi connectivity index (χ0n) is 17.0. The summed E-state index contributed by atoms with van der Waals surface area (Å²) >= 11 is 0. The van der Waals surface area contributed by atoms with Crippen LogP contribution in [0.3, 0.4) is 0 Å². The topological polar surface area (TPSA) is 46.6 Å². The van der Waals surface area contributed by atoms with Crippen molar-refractivity contribution >= 4 is 16.6 Å². The van der Waals surface area contributed by atoms with E-state index in [2.05, 4.69) is 30.1 Å². The quantitative estimate of drug-likeness (QED) is 0.862. The van der Waals surface area contributed by atoms with Crippen LogP contribution in [-0.2, 0) is 12.8 Å². The summed E-state index contributed by atoms with van der Waals surface area (Å²) < 4.78 is 11.1. The molecular formula is C22H31N3O2. The predicted octanol–water partition coefficient (Wildman–Crippen LogP) is 4.03. The van der Waals surface area contributed by atoms with E-state index in [9.17, 15) is 0 Å². The number of anilines is 1. The largest absolute Gasteiger partial charge is 0.493 e. The first-order chi connectivity index (χ1) is 13.1. The molecular weight excluding hydrogens is 338 g/mol. The Morgan fingerprint density at radius 1 is 1.11 bits per heavy atom. The Kier molecular flexibility index (Phi) is 5.13. The van der Waals surface area contributed by atoms with E-state index in [0.717, 1.165) is 41.8 Å². The Balaban J connectivity index is 1.76. The summed E-state index contributed by atoms with van der Waals surface area (Å²) in [5.74, 6) is 1.50. The first-order valence-corrected chi connectivity index (χ1v) is 10.2. The molecule has 27 heavy (non-hydrogen) atoms. The lowest BCUT2D eigenvalue weighted by atomic mass is 10.0. The molecule has 0 unspecified atom stereocenters. The van der Waals surface area contributed by atoms with E-state index in [1.807, 2.05) is 6.07 Å². The minimum absolute atomic E-state index is 0.476. The third-order valence-electron chi connectivity index (χ3n) is 6.05. The normalized spacial score (nSPS) is 20.1. The van der Waals surface area contributed by atoms with Crippen LogP contribution in [0.2, 0.25) is 0 Å². The maximum atomic E-state index is 5.57. The van der Waals surface area contributed by atoms with Gasteiger partial charge >= 0.3 is 0 Å². The van der Waals surface area contributed by atoms with Crippen LogP contribution in [0, 0.1) is 0 Å². The summed E-state index contributed by atoms with van der Waals surface area (Å²) in [6, 6.07) is 5.17. The molecule has 0 bridgehead atoms. The highest BCUT2D eigenvalue weighted by atomic mass is 16.5. The number of rotatable bonds is 5. The van der Waals surface area contributed by atoms with Crippen LogP contribution < -0.4 is 14.8 Å². The van der Waals surface area contributed by atoms with Gasteiger partial charge in [-0.3, -0.25) is 9.88 Å². The van der Waals surface area contributed by atoms with E-state index in [-0.39, 0.29) is 0 Å². The molecule has 2 aromatic rings. The van der Waals surface area contributed by atoms with Crippen molar-refractivity contribution in [2.75, 3.05) is 32.6 Å². The maximum absolute atomic E-state index is 5.57. The van der Waals surface area contributed by atoms with Gasteiger partial charge in [-0.1, -0.05) is 0 Å². The number of likely N-dealkylation sites (tertiary alicyclic amines) is 1. The molecule has 2 aliphatic rings. The molecule has 1 aliphatic carbocycles. The van der Waals surface area contributed by atoms with E-state index in [1.54, 1.807) is 14.2 Å². The third-order valence-corrected chi connectivity index (χ3v) is 6.05. The number of aryl methyl sites for hydroxylation is 1. The van der Waals surface area contributed by atoms with E-state index in [4.69, 9.17) is 14.5 Å². The number of benzene rings is 1. The first-order valence-electron chi connectivity index (χ1n) is 10.2. The van der Waals surface area contributed by atoms with Crippen molar-refractivity contribution in [2.45, 2.75) is 58.0 Å². The lowest BCUT2D eigenvalue weighted by molar-refractivity contribution is 0.175. The van der Waals surface area contributed by atoms with Crippen LogP contribution in [-0.4, -0.2) is 49.3 Å². The molecule has 1 N–H and O–H groups in total. The Morgan fingerprint density at radius 2 is 1.89 bits per heavy atom. The van der Waals surface area contributed by atoms with Crippen LogP contribution in [0.1, 0.15) is 44.4 Å². The van der Waals surface area contributed by atoms with Crippen molar-refractivity contribution < 1.29 is 9.47 Å². The fourth-order valence-corrected chi connectivity index (χ4v) is 4.55. The number of nitrogens with zero attached hydrogens (tertiary/aromatic N) is 2. The van der Waals surface area contributed by atoms with Crippen LogP contribution >= 0.6 is 0 Å². The molecule has 0 saturated carbocycles. The van der Waals surface area contributed by atoms with E-state index in [0.29, 0.717) is 12.1 Å². The molecule has 0 amide bonds. The van der Waals surface area contributed by atoms with Crippen molar-refractivity contribution in [1.82, 2.24) is 9.88 Å². The second kappa shape index (κ2) is 7.55. The fourth-order valence-electron chi connectivity index (χ4n) is 4.55. The first kappa shape index (κ1) is 18.4. The summed E-state index contributed by atoms with van der Waals surface area (Å²) in [6.45, 7) is 6.89. The van der Waals surface area contributed by atoms with Gasteiger partial charge < -0.3 is 14.8 Å². The van der Waals surface area contributed by atoms with E-state index < -0.39 is 0 Å². The van der Waals surface area contributed by atoms with E-state index >= 15 is 0 Å². The molecule has 1 saturated heterocycles. The van der Waals surface area contributed by atoms with E-state index in [1.165, 1.54) is 42.8 Å². The lowest BCUT2D eigenvalue weighted by Crippen LogP contribution is -2.45. The van der Waals surface area contributed by atoms with Crippen LogP contribution in [0.5, 0.6) is 11.5 Å². The van der Waals surface area contributed by atoms with Crippen molar-refractivity contribution in [1.29, 1.82) is 0 Å². The molecule has 5 heteroatoms. The number of ether oxygens (including phenoxy) is 2. The highest BCUT2D eigenvalue weighted by molar-refractivity contribution is 5.96. The van der Waals surface area contributed by atoms with Crippen LogP contribution in [0.25, 0.3) is 10.9 Å².